The number of Topliss-reactive ketones (excluding diaryl/α,β-unsaturated/α-hetero) is 1. The van der Waals surface area contributed by atoms with E-state index in [0.29, 0.717) is 16.9 Å². The molecule has 3 aromatic carbocycles. The molecule has 9 heteroatoms. The van der Waals surface area contributed by atoms with Crippen LogP contribution in [0.15, 0.2) is 72.8 Å². The van der Waals surface area contributed by atoms with E-state index in [4.69, 9.17) is 0 Å². The van der Waals surface area contributed by atoms with Crippen molar-refractivity contribution in [3.05, 3.63) is 83.9 Å². The molecule has 1 aliphatic rings. The number of carbonyl (C=O) groups excluding carboxylic acids is 2. The Labute approximate surface area is 205 Å². The minimum absolute atomic E-state index is 0.131. The number of rotatable bonds is 6. The minimum atomic E-state index is -4.66. The second-order valence-electron chi connectivity index (χ2n) is 8.87. The van der Waals surface area contributed by atoms with Crippen molar-refractivity contribution in [2.45, 2.75) is 31.9 Å². The second kappa shape index (κ2) is 9.85. The summed E-state index contributed by atoms with van der Waals surface area (Å²) in [5.41, 5.74) is 1.48. The number of alkyl halides is 3. The Morgan fingerprint density at radius 3 is 2.11 bits per heavy atom. The normalized spacial score (nSPS) is 17.2. The minimum Gasteiger partial charge on any atom is -0.481 e. The summed E-state index contributed by atoms with van der Waals surface area (Å²) < 4.78 is 39.6. The topological polar surface area (TPSA) is 95.5 Å². The average Bonchev–Trinajstić information content (AvgIpc) is 2.81. The zero-order valence-corrected chi connectivity index (χ0v) is 19.1. The number of hydrogen-bond donors (Lipinski definition) is 3. The van der Waals surface area contributed by atoms with Crippen molar-refractivity contribution in [1.29, 1.82) is 0 Å². The number of para-hydroxylation sites is 1. The van der Waals surface area contributed by atoms with Gasteiger partial charge in [0.25, 0.3) is 0 Å². The number of fused-ring (bicyclic) bond motifs is 1. The molecule has 0 aromatic heterocycles. The molecule has 36 heavy (non-hydrogen) atoms. The summed E-state index contributed by atoms with van der Waals surface area (Å²) in [4.78, 5) is 36.5. The number of halogens is 3. The number of hydrogen-bond acceptors (Lipinski definition) is 3. The number of carbonyl (C=O) groups is 3. The number of anilines is 2. The van der Waals surface area contributed by atoms with Crippen LogP contribution in [0.5, 0.6) is 0 Å². The maximum absolute atomic E-state index is 13.2. The molecule has 4 rings (SSSR count). The fourth-order valence-corrected chi connectivity index (χ4v) is 4.61. The zero-order valence-electron chi connectivity index (χ0n) is 19.1. The summed E-state index contributed by atoms with van der Waals surface area (Å²) in [5, 5.41) is 14.6. The lowest BCUT2D eigenvalue weighted by Crippen LogP contribution is -2.41. The van der Waals surface area contributed by atoms with Gasteiger partial charge in [-0.2, -0.15) is 13.2 Å². The van der Waals surface area contributed by atoms with Gasteiger partial charge in [0.05, 0.1) is 18.3 Å². The van der Waals surface area contributed by atoms with Gasteiger partial charge in [0.15, 0.2) is 5.78 Å². The summed E-state index contributed by atoms with van der Waals surface area (Å²) in [5.74, 6) is -2.21. The van der Waals surface area contributed by atoms with Gasteiger partial charge < -0.3 is 15.7 Å². The molecule has 0 bridgehead atoms. The van der Waals surface area contributed by atoms with E-state index in [2.05, 4.69) is 10.6 Å². The first-order valence-electron chi connectivity index (χ1n) is 11.2. The first-order chi connectivity index (χ1) is 17.0. The third-order valence-corrected chi connectivity index (χ3v) is 6.24. The number of benzene rings is 3. The number of aryl methyl sites for hydroxylation is 1. The van der Waals surface area contributed by atoms with Crippen LogP contribution in [0.25, 0.3) is 11.1 Å². The molecule has 0 spiro atoms. The van der Waals surface area contributed by atoms with E-state index in [1.165, 1.54) is 6.07 Å². The molecule has 1 unspecified atom stereocenters. The van der Waals surface area contributed by atoms with Gasteiger partial charge in [0.2, 0.25) is 0 Å². The highest BCUT2D eigenvalue weighted by molar-refractivity contribution is 6.05. The first-order valence-corrected chi connectivity index (χ1v) is 11.2. The number of ketones is 1. The van der Waals surface area contributed by atoms with Crippen LogP contribution in [0.3, 0.4) is 0 Å². The molecule has 186 valence electrons. The molecule has 1 atom stereocenters. The van der Waals surface area contributed by atoms with Crippen LogP contribution < -0.4 is 10.6 Å². The lowest BCUT2D eigenvalue weighted by atomic mass is 9.66. The van der Waals surface area contributed by atoms with E-state index in [1.807, 2.05) is 6.07 Å². The average molecular weight is 496 g/mol. The van der Waals surface area contributed by atoms with Crippen molar-refractivity contribution in [2.75, 3.05) is 10.6 Å². The molecule has 1 aliphatic carbocycles. The Morgan fingerprint density at radius 2 is 1.50 bits per heavy atom. The van der Waals surface area contributed by atoms with E-state index in [-0.39, 0.29) is 18.4 Å². The summed E-state index contributed by atoms with van der Waals surface area (Å²) in [6, 6.07) is 20.4. The van der Waals surface area contributed by atoms with E-state index in [0.717, 1.165) is 11.1 Å². The lowest BCUT2D eigenvalue weighted by Gasteiger charge is -2.36. The van der Waals surface area contributed by atoms with Gasteiger partial charge in [-0.05, 0) is 53.8 Å². The van der Waals surface area contributed by atoms with Gasteiger partial charge in [0.1, 0.15) is 0 Å². The zero-order chi connectivity index (χ0) is 25.9. The van der Waals surface area contributed by atoms with Crippen LogP contribution in [0.1, 0.15) is 35.2 Å². The number of nitrogens with one attached hydrogen (secondary N) is 2. The largest absolute Gasteiger partial charge is 0.481 e. The number of amides is 2. The molecule has 3 N–H and O–H groups in total. The van der Waals surface area contributed by atoms with Crippen molar-refractivity contribution in [3.63, 3.8) is 0 Å². The summed E-state index contributed by atoms with van der Waals surface area (Å²) in [6.07, 6.45) is -7.00. The maximum Gasteiger partial charge on any atom is 0.390 e. The first kappa shape index (κ1) is 25.0. The van der Waals surface area contributed by atoms with Crippen LogP contribution in [0.4, 0.5) is 29.3 Å². The monoisotopic (exact) mass is 496 g/mol. The summed E-state index contributed by atoms with van der Waals surface area (Å²) >= 11 is 0. The van der Waals surface area contributed by atoms with Crippen molar-refractivity contribution in [3.8, 4) is 11.1 Å². The summed E-state index contributed by atoms with van der Waals surface area (Å²) in [7, 11) is 0. The smallest absolute Gasteiger partial charge is 0.390 e. The van der Waals surface area contributed by atoms with Gasteiger partial charge in [0, 0.05) is 16.9 Å². The molecule has 6 nitrogen and oxygen atoms in total. The second-order valence-corrected chi connectivity index (χ2v) is 8.87. The van der Waals surface area contributed by atoms with Gasteiger partial charge in [-0.1, -0.05) is 48.5 Å². The fourth-order valence-electron chi connectivity index (χ4n) is 4.61. The molecule has 0 fully saturated rings. The molecule has 0 saturated carbocycles. The fraction of sp³-hybridized carbons (Fsp3) is 0.222. The number of carboxylic acids is 1. The highest BCUT2D eigenvalue weighted by Crippen LogP contribution is 2.46. The van der Waals surface area contributed by atoms with E-state index < -0.39 is 42.2 Å². The van der Waals surface area contributed by atoms with Gasteiger partial charge in [-0.3, -0.25) is 9.59 Å². The van der Waals surface area contributed by atoms with Gasteiger partial charge in [-0.15, -0.1) is 0 Å². The molecule has 0 aliphatic heterocycles. The molecular weight excluding hydrogens is 473 g/mol. The van der Waals surface area contributed by atoms with Crippen molar-refractivity contribution < 1.29 is 32.7 Å². The summed E-state index contributed by atoms with van der Waals surface area (Å²) in [6.45, 7) is 0. The quantitative estimate of drug-likeness (QED) is 0.361. The van der Waals surface area contributed by atoms with Crippen molar-refractivity contribution in [1.82, 2.24) is 0 Å². The number of urea groups is 1. The molecule has 0 heterocycles. The molecular formula is C27H23F3N2O4. The molecule has 0 saturated heterocycles. The molecule has 2 amide bonds. The highest BCUT2D eigenvalue weighted by Gasteiger charge is 2.50. The van der Waals surface area contributed by atoms with Gasteiger partial charge >= 0.3 is 18.2 Å². The Kier molecular flexibility index (Phi) is 6.83. The Bertz CT molecular complexity index is 1290. The van der Waals surface area contributed by atoms with Gasteiger partial charge in [-0.25, -0.2) is 4.79 Å². The standard InChI is InChI=1S/C27H23F3N2O4/c28-27(29,30)16-26(15-23(33)34)13-12-19-14-18(8-11-22(19)24(26)35)17-6-9-21(10-7-17)32-25(36)31-20-4-2-1-3-5-20/h1-11,14H,12-13,15-16H2,(H,33,34)(H2,31,32,36). The number of carboxylic acid groups (broad SMARTS) is 1. The van der Waals surface area contributed by atoms with Crippen LogP contribution in [-0.4, -0.2) is 29.1 Å². The van der Waals surface area contributed by atoms with Crippen molar-refractivity contribution in [2.24, 2.45) is 5.41 Å². The highest BCUT2D eigenvalue weighted by atomic mass is 19.4. The number of aliphatic carboxylic acids is 1. The van der Waals surface area contributed by atoms with Crippen LogP contribution in [0.2, 0.25) is 0 Å². The Hall–Kier alpha value is -4.14. The SMILES string of the molecule is O=C(O)CC1(CC(F)(F)F)CCc2cc(-c3ccc(NC(=O)Nc4ccccc4)cc3)ccc2C1=O. The van der Waals surface area contributed by atoms with E-state index >= 15 is 0 Å². The predicted molar refractivity (Wildman–Crippen MR) is 129 cm³/mol. The lowest BCUT2D eigenvalue weighted by molar-refractivity contribution is -0.160. The van der Waals surface area contributed by atoms with Crippen LogP contribution in [0, 0.1) is 5.41 Å². The maximum atomic E-state index is 13.2. The van der Waals surface area contributed by atoms with E-state index in [9.17, 15) is 32.7 Å². The van der Waals surface area contributed by atoms with Crippen molar-refractivity contribution >= 4 is 29.2 Å². The molecule has 3 aromatic rings. The Balaban J connectivity index is 1.50. The Morgan fingerprint density at radius 1 is 0.889 bits per heavy atom. The van der Waals surface area contributed by atoms with Crippen LogP contribution >= 0.6 is 0 Å². The third-order valence-electron chi connectivity index (χ3n) is 6.24. The predicted octanol–water partition coefficient (Wildman–Crippen LogP) is 6.54. The molecule has 0 radical (unpaired) electrons. The van der Waals surface area contributed by atoms with Crippen LogP contribution in [-0.2, 0) is 11.2 Å². The van der Waals surface area contributed by atoms with E-state index in [1.54, 1.807) is 60.7 Å². The third kappa shape index (κ3) is 5.73.